The van der Waals surface area contributed by atoms with Gasteiger partial charge in [0, 0.05) is 10.9 Å². The Balaban J connectivity index is 1.28. The second-order valence-corrected chi connectivity index (χ2v) is 9.14. The molecule has 7 nitrogen and oxygen atoms in total. The maximum atomic E-state index is 13.3. The number of amides is 2. The normalized spacial score (nSPS) is 16.4. The second kappa shape index (κ2) is 8.78. The zero-order valence-electron chi connectivity index (χ0n) is 18.0. The standard InChI is InChI=1S/C25H23N3O4S/c29-21(15-32-22(30)14-18-16-33-23(26-18)17-8-2-1-3-9-17)28-20-11-5-4-10-19(20)27-24(31)25(28)12-6-7-13-25/h1-5,8-11,16H,6-7,12-15H2,(H,27,31). The van der Waals surface area contributed by atoms with Gasteiger partial charge in [-0.05, 0) is 25.0 Å². The van der Waals surface area contributed by atoms with E-state index in [9.17, 15) is 14.4 Å². The molecule has 2 aliphatic rings. The summed E-state index contributed by atoms with van der Waals surface area (Å²) < 4.78 is 5.33. The summed E-state index contributed by atoms with van der Waals surface area (Å²) in [6.07, 6.45) is 2.90. The van der Waals surface area contributed by atoms with Gasteiger partial charge in [-0.15, -0.1) is 11.3 Å². The van der Waals surface area contributed by atoms with Crippen LogP contribution < -0.4 is 10.2 Å². The Kier molecular flexibility index (Phi) is 5.68. The van der Waals surface area contributed by atoms with Crippen LogP contribution in [-0.2, 0) is 25.5 Å². The Labute approximate surface area is 195 Å². The van der Waals surface area contributed by atoms with Crippen LogP contribution >= 0.6 is 11.3 Å². The van der Waals surface area contributed by atoms with Gasteiger partial charge in [0.05, 0.1) is 23.5 Å². The molecule has 5 rings (SSSR count). The zero-order valence-corrected chi connectivity index (χ0v) is 18.8. The lowest BCUT2D eigenvalue weighted by Gasteiger charge is -2.44. The first-order valence-electron chi connectivity index (χ1n) is 11.0. The highest BCUT2D eigenvalue weighted by molar-refractivity contribution is 7.13. The summed E-state index contributed by atoms with van der Waals surface area (Å²) in [5, 5.41) is 5.59. The predicted octanol–water partition coefficient (Wildman–Crippen LogP) is 4.19. The van der Waals surface area contributed by atoms with Crippen LogP contribution in [0.5, 0.6) is 0 Å². The van der Waals surface area contributed by atoms with Gasteiger partial charge in [-0.2, -0.15) is 0 Å². The van der Waals surface area contributed by atoms with Crippen molar-refractivity contribution in [2.45, 2.75) is 37.6 Å². The first-order valence-corrected chi connectivity index (χ1v) is 11.8. The number of aromatic nitrogens is 1. The number of nitrogens with one attached hydrogen (secondary N) is 1. The lowest BCUT2D eigenvalue weighted by molar-refractivity contribution is -0.147. The minimum Gasteiger partial charge on any atom is -0.455 e. The van der Waals surface area contributed by atoms with Crippen LogP contribution in [0.2, 0.25) is 0 Å². The van der Waals surface area contributed by atoms with Crippen molar-refractivity contribution in [1.29, 1.82) is 0 Å². The van der Waals surface area contributed by atoms with Crippen LogP contribution in [0.15, 0.2) is 60.0 Å². The van der Waals surface area contributed by atoms with Gasteiger partial charge >= 0.3 is 5.97 Å². The van der Waals surface area contributed by atoms with Crippen molar-refractivity contribution in [3.63, 3.8) is 0 Å². The largest absolute Gasteiger partial charge is 0.455 e. The molecule has 0 bridgehead atoms. The van der Waals surface area contributed by atoms with Crippen molar-refractivity contribution in [2.75, 3.05) is 16.8 Å². The summed E-state index contributed by atoms with van der Waals surface area (Å²) in [5.41, 5.74) is 1.91. The number of nitrogens with zero attached hydrogens (tertiary/aromatic N) is 2. The number of thiazole rings is 1. The topological polar surface area (TPSA) is 88.6 Å². The van der Waals surface area contributed by atoms with E-state index in [0.29, 0.717) is 29.9 Å². The zero-order chi connectivity index (χ0) is 22.8. The predicted molar refractivity (Wildman–Crippen MR) is 126 cm³/mol. The molecule has 33 heavy (non-hydrogen) atoms. The van der Waals surface area contributed by atoms with Crippen LogP contribution in [0, 0.1) is 0 Å². The first kappa shape index (κ1) is 21.3. The SMILES string of the molecule is O=C(Cc1csc(-c2ccccc2)n1)OCC(=O)N1c2ccccc2NC(=O)C12CCCC2. The summed E-state index contributed by atoms with van der Waals surface area (Å²) in [7, 11) is 0. The number of hydrogen-bond donors (Lipinski definition) is 1. The fraction of sp³-hybridized carbons (Fsp3) is 0.280. The molecular weight excluding hydrogens is 438 g/mol. The molecule has 1 spiro atoms. The van der Waals surface area contributed by atoms with Gasteiger partial charge in [0.15, 0.2) is 6.61 Å². The van der Waals surface area contributed by atoms with E-state index in [2.05, 4.69) is 10.3 Å². The number of anilines is 2. The Morgan fingerprint density at radius 3 is 2.58 bits per heavy atom. The number of ether oxygens (including phenoxy) is 1. The number of fused-ring (bicyclic) bond motifs is 1. The lowest BCUT2D eigenvalue weighted by atomic mass is 9.90. The van der Waals surface area contributed by atoms with Crippen molar-refractivity contribution in [3.05, 3.63) is 65.7 Å². The van der Waals surface area contributed by atoms with Crippen molar-refractivity contribution < 1.29 is 19.1 Å². The summed E-state index contributed by atoms with van der Waals surface area (Å²) in [6, 6.07) is 17.0. The van der Waals surface area contributed by atoms with E-state index in [1.165, 1.54) is 11.3 Å². The van der Waals surface area contributed by atoms with Crippen molar-refractivity contribution >= 4 is 40.5 Å². The molecule has 168 valence electrons. The molecule has 0 radical (unpaired) electrons. The van der Waals surface area contributed by atoms with Crippen molar-refractivity contribution in [3.8, 4) is 10.6 Å². The third kappa shape index (κ3) is 4.02. The fourth-order valence-corrected chi connectivity index (χ4v) is 5.46. The molecule has 8 heteroatoms. The molecular formula is C25H23N3O4S. The number of para-hydroxylation sites is 2. The molecule has 2 aromatic carbocycles. The number of carbonyl (C=O) groups excluding carboxylic acids is 3. The second-order valence-electron chi connectivity index (χ2n) is 8.29. The van der Waals surface area contributed by atoms with Crippen LogP contribution in [0.4, 0.5) is 11.4 Å². The van der Waals surface area contributed by atoms with Crippen LogP contribution in [0.3, 0.4) is 0 Å². The molecule has 1 N–H and O–H groups in total. The molecule has 0 atom stereocenters. The number of carbonyl (C=O) groups is 3. The molecule has 2 amide bonds. The summed E-state index contributed by atoms with van der Waals surface area (Å²) >= 11 is 1.46. The molecule has 1 aliphatic heterocycles. The minimum absolute atomic E-state index is 0.0151. The minimum atomic E-state index is -0.919. The Hall–Kier alpha value is -3.52. The highest BCUT2D eigenvalue weighted by Crippen LogP contribution is 2.45. The summed E-state index contributed by atoms with van der Waals surface area (Å²) in [6.45, 7) is -0.419. The van der Waals surface area contributed by atoms with E-state index < -0.39 is 24.0 Å². The highest BCUT2D eigenvalue weighted by atomic mass is 32.1. The van der Waals surface area contributed by atoms with Crippen molar-refractivity contribution in [1.82, 2.24) is 4.98 Å². The van der Waals surface area contributed by atoms with Gasteiger partial charge in [-0.25, -0.2) is 4.98 Å². The van der Waals surface area contributed by atoms with E-state index in [1.54, 1.807) is 11.0 Å². The van der Waals surface area contributed by atoms with E-state index in [4.69, 9.17) is 4.74 Å². The molecule has 1 fully saturated rings. The number of benzene rings is 2. The van der Waals surface area contributed by atoms with Crippen LogP contribution in [0.1, 0.15) is 31.4 Å². The van der Waals surface area contributed by atoms with E-state index in [1.807, 2.05) is 53.9 Å². The Morgan fingerprint density at radius 2 is 1.79 bits per heavy atom. The summed E-state index contributed by atoms with van der Waals surface area (Å²) in [5.74, 6) is -1.09. The number of hydrogen-bond acceptors (Lipinski definition) is 6. The van der Waals surface area contributed by atoms with E-state index >= 15 is 0 Å². The smallest absolute Gasteiger partial charge is 0.312 e. The molecule has 1 saturated carbocycles. The number of rotatable bonds is 5. The van der Waals surface area contributed by atoms with E-state index in [0.717, 1.165) is 23.4 Å². The Bertz CT molecular complexity index is 1200. The molecule has 0 unspecified atom stereocenters. The average molecular weight is 462 g/mol. The van der Waals surface area contributed by atoms with Gasteiger partial charge in [0.1, 0.15) is 10.5 Å². The first-order chi connectivity index (χ1) is 16.1. The molecule has 0 saturated heterocycles. The maximum absolute atomic E-state index is 13.3. The maximum Gasteiger partial charge on any atom is 0.312 e. The average Bonchev–Trinajstić information content (AvgIpc) is 3.50. The van der Waals surface area contributed by atoms with Gasteiger partial charge in [-0.3, -0.25) is 19.3 Å². The lowest BCUT2D eigenvalue weighted by Crippen LogP contribution is -2.61. The van der Waals surface area contributed by atoms with Crippen LogP contribution in [0.25, 0.3) is 10.6 Å². The van der Waals surface area contributed by atoms with Gasteiger partial charge in [0.2, 0.25) is 0 Å². The van der Waals surface area contributed by atoms with Crippen molar-refractivity contribution in [2.24, 2.45) is 0 Å². The molecule has 1 aromatic heterocycles. The quantitative estimate of drug-likeness (QED) is 0.576. The monoisotopic (exact) mass is 461 g/mol. The number of esters is 1. The molecule has 2 heterocycles. The van der Waals surface area contributed by atoms with Gasteiger partial charge in [-0.1, -0.05) is 55.3 Å². The summed E-state index contributed by atoms with van der Waals surface area (Å²) in [4.78, 5) is 44.8. The molecule has 3 aromatic rings. The highest BCUT2D eigenvalue weighted by Gasteiger charge is 2.52. The van der Waals surface area contributed by atoms with Gasteiger partial charge < -0.3 is 10.1 Å². The van der Waals surface area contributed by atoms with E-state index in [-0.39, 0.29) is 12.3 Å². The third-order valence-electron chi connectivity index (χ3n) is 6.18. The fourth-order valence-electron chi connectivity index (χ4n) is 4.64. The van der Waals surface area contributed by atoms with Crippen LogP contribution in [-0.4, -0.2) is 34.9 Å². The van der Waals surface area contributed by atoms with Gasteiger partial charge in [0.25, 0.3) is 11.8 Å². The third-order valence-corrected chi connectivity index (χ3v) is 7.12. The molecule has 1 aliphatic carbocycles. The Morgan fingerprint density at radius 1 is 1.06 bits per heavy atom.